The molecular weight excluding hydrogens is 769 g/mol. The van der Waals surface area contributed by atoms with Gasteiger partial charge in [0.25, 0.3) is 0 Å². The second-order valence-corrected chi connectivity index (χ2v) is 14.0. The van der Waals surface area contributed by atoms with Crippen LogP contribution in [0.25, 0.3) is 0 Å². The maximum Gasteiger partial charge on any atom is 0.410 e. The van der Waals surface area contributed by atoms with Crippen molar-refractivity contribution in [1.29, 1.82) is 0 Å². The molecule has 3 aromatic rings. The molecule has 0 heterocycles. The van der Waals surface area contributed by atoms with E-state index in [0.717, 1.165) is 35.1 Å². The molecule has 0 radical (unpaired) electrons. The van der Waals surface area contributed by atoms with E-state index in [9.17, 15) is 24.0 Å². The minimum absolute atomic E-state index is 0.0351. The Morgan fingerprint density at radius 3 is 1.48 bits per heavy atom. The summed E-state index contributed by atoms with van der Waals surface area (Å²) in [5, 5.41) is 2.75. The van der Waals surface area contributed by atoms with Crippen LogP contribution in [0.2, 0.25) is 0 Å². The van der Waals surface area contributed by atoms with Gasteiger partial charge in [-0.05, 0) is 67.7 Å². The lowest BCUT2D eigenvalue weighted by Crippen LogP contribution is -2.40. The predicted molar refractivity (Wildman–Crippen MR) is 226 cm³/mol. The maximum atomic E-state index is 13.5. The molecule has 60 heavy (non-hydrogen) atoms. The van der Waals surface area contributed by atoms with Crippen LogP contribution >= 0.6 is 0 Å². The van der Waals surface area contributed by atoms with E-state index in [-0.39, 0.29) is 52.7 Å². The molecule has 0 bridgehead atoms. The summed E-state index contributed by atoms with van der Waals surface area (Å²) >= 11 is 0. The van der Waals surface area contributed by atoms with Gasteiger partial charge < -0.3 is 38.8 Å². The molecule has 1 aliphatic rings. The summed E-state index contributed by atoms with van der Waals surface area (Å²) in [5.74, 6) is -0.568. The topological polar surface area (TPSA) is 153 Å². The number of hydrogen-bond acceptors (Lipinski definition) is 10. The molecule has 0 aliphatic heterocycles. The van der Waals surface area contributed by atoms with Gasteiger partial charge in [-0.1, -0.05) is 109 Å². The van der Waals surface area contributed by atoms with Crippen LogP contribution in [-0.4, -0.2) is 104 Å². The zero-order chi connectivity index (χ0) is 42.6. The maximum absolute atomic E-state index is 13.5. The molecule has 3 aromatic carbocycles. The molecular formula is C46H58N4O10. The summed E-state index contributed by atoms with van der Waals surface area (Å²) in [6.07, 6.45) is 7.57. The van der Waals surface area contributed by atoms with Crippen LogP contribution in [0.1, 0.15) is 62.1 Å². The van der Waals surface area contributed by atoms with Crippen molar-refractivity contribution in [2.75, 3.05) is 59.0 Å². The van der Waals surface area contributed by atoms with Crippen LogP contribution in [0.5, 0.6) is 0 Å². The Kier molecular flexibility index (Phi) is 21.2. The monoisotopic (exact) mass is 826 g/mol. The fraction of sp³-hybridized carbons (Fsp3) is 0.413. The highest BCUT2D eigenvalue weighted by molar-refractivity contribution is 5.78. The van der Waals surface area contributed by atoms with Gasteiger partial charge in [0, 0.05) is 39.3 Å². The fourth-order valence-corrected chi connectivity index (χ4v) is 6.11. The minimum atomic E-state index is -0.675. The number of carbonyl (C=O) groups is 5. The number of unbranched alkanes of at least 4 members (excludes halogenated alkanes) is 1. The van der Waals surface area contributed by atoms with E-state index < -0.39 is 30.3 Å². The number of nitrogens with one attached hydrogen (secondary N) is 1. The third-order valence-corrected chi connectivity index (χ3v) is 9.29. The minimum Gasteiger partial charge on any atom is -0.465 e. The van der Waals surface area contributed by atoms with Gasteiger partial charge in [-0.2, -0.15) is 0 Å². The molecule has 0 unspecified atom stereocenters. The van der Waals surface area contributed by atoms with E-state index in [1.54, 1.807) is 16.7 Å². The lowest BCUT2D eigenvalue weighted by atomic mass is 10.1. The molecule has 0 fully saturated rings. The number of allylic oxidation sites excluding steroid dienone is 2. The molecule has 0 atom stereocenters. The Labute approximate surface area is 353 Å². The van der Waals surface area contributed by atoms with Crippen LogP contribution in [0.4, 0.5) is 19.2 Å². The first kappa shape index (κ1) is 46.4. The predicted octanol–water partition coefficient (Wildman–Crippen LogP) is 8.03. The van der Waals surface area contributed by atoms with E-state index in [1.807, 2.05) is 103 Å². The van der Waals surface area contributed by atoms with Crippen LogP contribution in [0.3, 0.4) is 0 Å². The van der Waals surface area contributed by atoms with E-state index in [0.29, 0.717) is 51.9 Å². The zero-order valence-corrected chi connectivity index (χ0v) is 34.5. The van der Waals surface area contributed by atoms with Crippen LogP contribution in [-0.2, 0) is 48.3 Å². The van der Waals surface area contributed by atoms with Crippen molar-refractivity contribution in [2.24, 2.45) is 0 Å². The van der Waals surface area contributed by atoms with Crippen molar-refractivity contribution in [3.63, 3.8) is 0 Å². The second kappa shape index (κ2) is 27.4. The fourth-order valence-electron chi connectivity index (χ4n) is 6.11. The average Bonchev–Trinajstić information content (AvgIpc) is 3.28. The Morgan fingerprint density at radius 1 is 0.533 bits per heavy atom. The lowest BCUT2D eigenvalue weighted by Gasteiger charge is -2.26. The SMILES string of the molecule is CCOC(=O)CN(CCCN(CCCCN(CCCNC(=O)OCC1=CCCC=C1)C(=O)OCc1ccccc1)C(=O)OCc1ccccc1)C(=O)OCc1ccccc1. The number of hydrogen-bond donors (Lipinski definition) is 1. The van der Waals surface area contributed by atoms with Gasteiger partial charge in [0.1, 0.15) is 33.0 Å². The first-order valence-corrected chi connectivity index (χ1v) is 20.6. The van der Waals surface area contributed by atoms with Gasteiger partial charge in [-0.3, -0.25) is 9.69 Å². The number of ether oxygens (including phenoxy) is 5. The molecule has 1 N–H and O–H groups in total. The molecule has 0 saturated heterocycles. The summed E-state index contributed by atoms with van der Waals surface area (Å²) in [7, 11) is 0. The molecule has 4 amide bonds. The third kappa shape index (κ3) is 18.5. The quantitative estimate of drug-likeness (QED) is 0.0534. The van der Waals surface area contributed by atoms with Gasteiger partial charge in [-0.25, -0.2) is 19.2 Å². The highest BCUT2D eigenvalue weighted by Crippen LogP contribution is 2.12. The zero-order valence-electron chi connectivity index (χ0n) is 34.5. The molecule has 0 aromatic heterocycles. The number of carbonyl (C=O) groups excluding carboxylic acids is 5. The molecule has 1 aliphatic carbocycles. The van der Waals surface area contributed by atoms with Gasteiger partial charge in [0.05, 0.1) is 6.61 Å². The molecule has 322 valence electrons. The van der Waals surface area contributed by atoms with E-state index in [1.165, 1.54) is 4.90 Å². The second-order valence-electron chi connectivity index (χ2n) is 14.0. The van der Waals surface area contributed by atoms with E-state index in [4.69, 9.17) is 23.7 Å². The number of amides is 4. The molecule has 14 nitrogen and oxygen atoms in total. The van der Waals surface area contributed by atoms with Gasteiger partial charge in [0.2, 0.25) is 0 Å². The largest absolute Gasteiger partial charge is 0.465 e. The van der Waals surface area contributed by atoms with E-state index >= 15 is 0 Å². The molecule has 4 rings (SSSR count). The summed E-state index contributed by atoms with van der Waals surface area (Å²) < 4.78 is 27.3. The number of nitrogens with zero attached hydrogens (tertiary/aromatic N) is 3. The van der Waals surface area contributed by atoms with Gasteiger partial charge in [0.15, 0.2) is 0 Å². The van der Waals surface area contributed by atoms with Crippen molar-refractivity contribution >= 4 is 30.3 Å². The molecule has 14 heteroatoms. The van der Waals surface area contributed by atoms with E-state index in [2.05, 4.69) is 11.4 Å². The summed E-state index contributed by atoms with van der Waals surface area (Å²) in [4.78, 5) is 69.0. The van der Waals surface area contributed by atoms with Crippen LogP contribution < -0.4 is 5.32 Å². The summed E-state index contributed by atoms with van der Waals surface area (Å²) in [6.45, 7) is 3.57. The Hall–Kier alpha value is -6.31. The number of benzene rings is 3. The smallest absolute Gasteiger partial charge is 0.410 e. The summed E-state index contributed by atoms with van der Waals surface area (Å²) in [6, 6.07) is 27.9. The Morgan fingerprint density at radius 2 is 1.00 bits per heavy atom. The highest BCUT2D eigenvalue weighted by Gasteiger charge is 2.22. The van der Waals surface area contributed by atoms with Crippen LogP contribution in [0.15, 0.2) is 115 Å². The number of rotatable bonds is 24. The Balaban J connectivity index is 1.33. The number of alkyl carbamates (subject to hydrolysis) is 1. The molecule has 0 spiro atoms. The first-order chi connectivity index (χ1) is 29.3. The highest BCUT2D eigenvalue weighted by atomic mass is 16.6. The molecule has 0 saturated carbocycles. The van der Waals surface area contributed by atoms with Gasteiger partial charge in [-0.15, -0.1) is 0 Å². The summed E-state index contributed by atoms with van der Waals surface area (Å²) in [5.41, 5.74) is 3.45. The van der Waals surface area contributed by atoms with Crippen molar-refractivity contribution in [2.45, 2.75) is 65.3 Å². The number of esters is 1. The van der Waals surface area contributed by atoms with Crippen LogP contribution in [0, 0.1) is 0 Å². The standard InChI is InChI=1S/C46H58N4O10/c1-2-56-42(51)33-50(46(55)60-37-41-25-13-6-14-26-41)32-18-31-49(45(54)59-36-40-23-11-5-12-24-40)29-16-15-28-48(44(53)58-35-39-21-9-4-10-22-39)30-17-27-47-43(52)57-34-38-19-7-3-8-20-38/h4-7,9-14,19-26H,2-3,8,15-18,27-37H2,1H3,(H,47,52). The Bertz CT molecular complexity index is 1810. The third-order valence-electron chi connectivity index (χ3n) is 9.29. The van der Waals surface area contributed by atoms with Gasteiger partial charge >= 0.3 is 30.3 Å². The first-order valence-electron chi connectivity index (χ1n) is 20.6. The van der Waals surface area contributed by atoms with Crippen molar-refractivity contribution < 1.29 is 47.7 Å². The van der Waals surface area contributed by atoms with Crippen molar-refractivity contribution in [3.05, 3.63) is 131 Å². The lowest BCUT2D eigenvalue weighted by molar-refractivity contribution is -0.144. The average molecular weight is 827 g/mol. The van der Waals surface area contributed by atoms with Crippen molar-refractivity contribution in [3.8, 4) is 0 Å². The van der Waals surface area contributed by atoms with Crippen molar-refractivity contribution in [1.82, 2.24) is 20.0 Å². The normalized spacial score (nSPS) is 11.7.